The first kappa shape index (κ1) is 17.8. The molecule has 0 aliphatic heterocycles. The maximum atomic E-state index is 12.7. The third-order valence-electron chi connectivity index (χ3n) is 4.18. The van der Waals surface area contributed by atoms with Crippen LogP contribution in [0, 0.1) is 0 Å². The zero-order valence-electron chi connectivity index (χ0n) is 14.8. The lowest BCUT2D eigenvalue weighted by atomic mass is 10.1. The smallest absolute Gasteiger partial charge is 0.275 e. The second-order valence-electron chi connectivity index (χ2n) is 6.20. The Morgan fingerprint density at radius 3 is 2.69 bits per heavy atom. The number of amides is 1. The molecule has 6 heteroatoms. The topological polar surface area (TPSA) is 76.9 Å². The lowest BCUT2D eigenvalue weighted by Gasteiger charge is -2.11. The van der Waals surface area contributed by atoms with Crippen LogP contribution in [0.1, 0.15) is 31.0 Å². The van der Waals surface area contributed by atoms with Gasteiger partial charge in [-0.25, -0.2) is 4.68 Å². The zero-order chi connectivity index (χ0) is 18.4. The Balaban J connectivity index is 1.95. The normalized spacial score (nSPS) is 10.8. The lowest BCUT2D eigenvalue weighted by Crippen LogP contribution is -2.34. The maximum Gasteiger partial charge on any atom is 0.275 e. The Bertz CT molecular complexity index is 951. The van der Waals surface area contributed by atoms with Crippen molar-refractivity contribution in [3.05, 3.63) is 70.4 Å². The van der Waals surface area contributed by atoms with E-state index in [1.54, 1.807) is 18.5 Å². The molecule has 26 heavy (non-hydrogen) atoms. The van der Waals surface area contributed by atoms with Crippen LogP contribution in [0.5, 0.6) is 0 Å². The van der Waals surface area contributed by atoms with Gasteiger partial charge in [-0.1, -0.05) is 37.6 Å². The third-order valence-corrected chi connectivity index (χ3v) is 4.18. The number of unbranched alkanes of at least 4 members (excludes halogenated alkanes) is 1. The first-order valence-electron chi connectivity index (χ1n) is 8.83. The van der Waals surface area contributed by atoms with Crippen molar-refractivity contribution in [1.29, 1.82) is 0 Å². The number of pyridine rings is 1. The minimum absolute atomic E-state index is 0.0760. The minimum atomic E-state index is -0.249. The number of rotatable bonds is 7. The molecule has 0 unspecified atom stereocenters. The Labute approximate surface area is 151 Å². The SMILES string of the molecule is CCCCNC(=O)Cn1nc(Cc2cccnc2)c2ccccc2c1=O. The van der Waals surface area contributed by atoms with Crippen LogP contribution in [0.3, 0.4) is 0 Å². The van der Waals surface area contributed by atoms with Crippen molar-refractivity contribution < 1.29 is 4.79 Å². The number of carbonyl (C=O) groups is 1. The van der Waals surface area contributed by atoms with Gasteiger partial charge in [0.15, 0.2) is 0 Å². The van der Waals surface area contributed by atoms with Gasteiger partial charge in [0, 0.05) is 30.7 Å². The van der Waals surface area contributed by atoms with Crippen LogP contribution in [-0.4, -0.2) is 27.2 Å². The number of hydrogen-bond acceptors (Lipinski definition) is 4. The van der Waals surface area contributed by atoms with Gasteiger partial charge in [-0.3, -0.25) is 14.6 Å². The summed E-state index contributed by atoms with van der Waals surface area (Å²) in [7, 11) is 0. The van der Waals surface area contributed by atoms with E-state index >= 15 is 0 Å². The van der Waals surface area contributed by atoms with Crippen molar-refractivity contribution in [1.82, 2.24) is 20.1 Å². The van der Waals surface area contributed by atoms with E-state index in [9.17, 15) is 9.59 Å². The fraction of sp³-hybridized carbons (Fsp3) is 0.300. The summed E-state index contributed by atoms with van der Waals surface area (Å²) in [5.74, 6) is -0.198. The Kier molecular flexibility index (Phi) is 5.73. The van der Waals surface area contributed by atoms with Crippen molar-refractivity contribution in [3.63, 3.8) is 0 Å². The Hall–Kier alpha value is -3.02. The molecule has 0 atom stereocenters. The molecule has 1 aromatic carbocycles. The van der Waals surface area contributed by atoms with Gasteiger partial charge in [0.05, 0.1) is 11.1 Å². The van der Waals surface area contributed by atoms with Gasteiger partial charge in [-0.05, 0) is 24.1 Å². The predicted molar refractivity (Wildman–Crippen MR) is 101 cm³/mol. The van der Waals surface area contributed by atoms with Crippen LogP contribution in [0.25, 0.3) is 10.8 Å². The summed E-state index contributed by atoms with van der Waals surface area (Å²) in [4.78, 5) is 29.0. The first-order chi connectivity index (χ1) is 12.7. The van der Waals surface area contributed by atoms with Gasteiger partial charge in [0.1, 0.15) is 6.54 Å². The van der Waals surface area contributed by atoms with Crippen LogP contribution >= 0.6 is 0 Å². The molecule has 0 aliphatic carbocycles. The van der Waals surface area contributed by atoms with E-state index in [4.69, 9.17) is 0 Å². The second-order valence-corrected chi connectivity index (χ2v) is 6.20. The largest absolute Gasteiger partial charge is 0.354 e. The van der Waals surface area contributed by atoms with Crippen LogP contribution in [0.2, 0.25) is 0 Å². The summed E-state index contributed by atoms with van der Waals surface area (Å²) in [5.41, 5.74) is 1.51. The molecule has 0 saturated carbocycles. The van der Waals surface area contributed by atoms with Crippen molar-refractivity contribution >= 4 is 16.7 Å². The van der Waals surface area contributed by atoms with Crippen LogP contribution in [-0.2, 0) is 17.8 Å². The molecule has 0 saturated heterocycles. The van der Waals surface area contributed by atoms with E-state index in [2.05, 4.69) is 22.3 Å². The van der Waals surface area contributed by atoms with Crippen LogP contribution < -0.4 is 10.9 Å². The number of benzene rings is 1. The van der Waals surface area contributed by atoms with E-state index in [1.807, 2.05) is 30.3 Å². The highest BCUT2D eigenvalue weighted by atomic mass is 16.2. The molecule has 1 N–H and O–H groups in total. The van der Waals surface area contributed by atoms with Crippen LogP contribution in [0.4, 0.5) is 0 Å². The van der Waals surface area contributed by atoms with Crippen molar-refractivity contribution in [3.8, 4) is 0 Å². The standard InChI is InChI=1S/C20H22N4O2/c1-2-3-11-22-19(25)14-24-20(26)17-9-5-4-8-16(17)18(23-24)12-15-7-6-10-21-13-15/h4-10,13H,2-3,11-12,14H2,1H3,(H,22,25). The highest BCUT2D eigenvalue weighted by Crippen LogP contribution is 2.16. The quantitative estimate of drug-likeness (QED) is 0.663. The zero-order valence-corrected chi connectivity index (χ0v) is 14.8. The summed E-state index contributed by atoms with van der Waals surface area (Å²) in [6, 6.07) is 11.2. The molecule has 1 amide bonds. The Morgan fingerprint density at radius 2 is 1.96 bits per heavy atom. The van der Waals surface area contributed by atoms with Gasteiger partial charge in [-0.2, -0.15) is 5.10 Å². The summed E-state index contributed by atoms with van der Waals surface area (Å²) < 4.78 is 1.26. The molecule has 0 aliphatic rings. The van der Waals surface area contributed by atoms with Gasteiger partial charge in [-0.15, -0.1) is 0 Å². The first-order valence-corrected chi connectivity index (χ1v) is 8.83. The van der Waals surface area contributed by atoms with Crippen molar-refractivity contribution in [2.45, 2.75) is 32.7 Å². The van der Waals surface area contributed by atoms with Gasteiger partial charge in [0.2, 0.25) is 5.91 Å². The van der Waals surface area contributed by atoms with E-state index < -0.39 is 0 Å². The molecule has 2 aromatic heterocycles. The van der Waals surface area contributed by atoms with E-state index in [1.165, 1.54) is 4.68 Å². The average molecular weight is 350 g/mol. The van der Waals surface area contributed by atoms with E-state index in [0.717, 1.165) is 29.5 Å². The average Bonchev–Trinajstić information content (AvgIpc) is 2.66. The van der Waals surface area contributed by atoms with E-state index in [0.29, 0.717) is 18.4 Å². The van der Waals surface area contributed by atoms with Gasteiger partial charge < -0.3 is 5.32 Å². The number of carbonyl (C=O) groups excluding carboxylic acids is 1. The highest BCUT2D eigenvalue weighted by molar-refractivity contribution is 5.84. The fourth-order valence-corrected chi connectivity index (χ4v) is 2.84. The molecule has 3 aromatic rings. The summed E-state index contributed by atoms with van der Waals surface area (Å²) in [6.07, 6.45) is 5.97. The molecular weight excluding hydrogens is 328 g/mol. The molecule has 134 valence electrons. The van der Waals surface area contributed by atoms with Crippen molar-refractivity contribution in [2.24, 2.45) is 0 Å². The maximum absolute atomic E-state index is 12.7. The van der Waals surface area contributed by atoms with Gasteiger partial charge in [0.25, 0.3) is 5.56 Å². The lowest BCUT2D eigenvalue weighted by molar-refractivity contribution is -0.121. The molecule has 2 heterocycles. The second kappa shape index (κ2) is 8.38. The molecule has 0 spiro atoms. The monoisotopic (exact) mass is 350 g/mol. The number of nitrogens with one attached hydrogen (secondary N) is 1. The number of aromatic nitrogens is 3. The summed E-state index contributed by atoms with van der Waals surface area (Å²) >= 11 is 0. The summed E-state index contributed by atoms with van der Waals surface area (Å²) in [6.45, 7) is 2.60. The Morgan fingerprint density at radius 1 is 1.15 bits per heavy atom. The number of nitrogens with zero attached hydrogens (tertiary/aromatic N) is 3. The van der Waals surface area contributed by atoms with Gasteiger partial charge >= 0.3 is 0 Å². The predicted octanol–water partition coefficient (Wildman–Crippen LogP) is 2.30. The highest BCUT2D eigenvalue weighted by Gasteiger charge is 2.13. The molecular formula is C20H22N4O2. The molecule has 6 nitrogen and oxygen atoms in total. The van der Waals surface area contributed by atoms with Crippen molar-refractivity contribution in [2.75, 3.05) is 6.54 Å². The molecule has 0 bridgehead atoms. The molecule has 0 fully saturated rings. The minimum Gasteiger partial charge on any atom is -0.354 e. The summed E-state index contributed by atoms with van der Waals surface area (Å²) in [5, 5.41) is 8.69. The number of hydrogen-bond donors (Lipinski definition) is 1. The number of fused-ring (bicyclic) bond motifs is 1. The van der Waals surface area contributed by atoms with E-state index in [-0.39, 0.29) is 18.0 Å². The third kappa shape index (κ3) is 4.14. The molecule has 3 rings (SSSR count). The molecule has 0 radical (unpaired) electrons. The fourth-order valence-electron chi connectivity index (χ4n) is 2.84. The van der Waals surface area contributed by atoms with Crippen LogP contribution in [0.15, 0.2) is 53.6 Å².